The molecule has 0 atom stereocenters. The summed E-state index contributed by atoms with van der Waals surface area (Å²) in [6, 6.07) is 24.7. The normalized spacial score (nSPS) is 10.8. The maximum atomic E-state index is 12.6. The molecule has 0 fully saturated rings. The van der Waals surface area contributed by atoms with Crippen molar-refractivity contribution in [1.29, 1.82) is 0 Å². The van der Waals surface area contributed by atoms with Gasteiger partial charge >= 0.3 is 5.97 Å². The Labute approximate surface area is 195 Å². The highest BCUT2D eigenvalue weighted by atomic mass is 35.5. The van der Waals surface area contributed by atoms with Crippen molar-refractivity contribution in [3.05, 3.63) is 107 Å². The molecule has 164 valence electrons. The number of esters is 1. The molecule has 0 bridgehead atoms. The van der Waals surface area contributed by atoms with Gasteiger partial charge in [-0.3, -0.25) is 4.79 Å². The number of hydrogen-bond donors (Lipinski definition) is 1. The Bertz CT molecular complexity index is 1360. The monoisotopic (exact) mass is 458 g/mol. The Morgan fingerprint density at radius 1 is 0.879 bits per heavy atom. The van der Waals surface area contributed by atoms with Crippen molar-refractivity contribution in [2.24, 2.45) is 5.10 Å². The summed E-state index contributed by atoms with van der Waals surface area (Å²) < 4.78 is 10.8. The number of methoxy groups -OCH3 is 1. The average molecular weight is 459 g/mol. The summed E-state index contributed by atoms with van der Waals surface area (Å²) in [7, 11) is 1.46. The number of carbonyl (C=O) groups excluding carboxylic acids is 2. The van der Waals surface area contributed by atoms with Crippen molar-refractivity contribution in [3.63, 3.8) is 0 Å². The molecular formula is C26H19ClN2O4. The molecule has 1 amide bonds. The molecule has 4 aromatic rings. The van der Waals surface area contributed by atoms with Crippen LogP contribution in [0.3, 0.4) is 0 Å². The Morgan fingerprint density at radius 2 is 1.61 bits per heavy atom. The zero-order valence-corrected chi connectivity index (χ0v) is 18.4. The van der Waals surface area contributed by atoms with Crippen LogP contribution in [0.5, 0.6) is 11.5 Å². The molecule has 0 saturated heterocycles. The molecule has 4 aromatic carbocycles. The van der Waals surface area contributed by atoms with Gasteiger partial charge in [0.05, 0.1) is 23.9 Å². The number of nitrogens with zero attached hydrogens (tertiary/aromatic N) is 1. The summed E-state index contributed by atoms with van der Waals surface area (Å²) in [6.07, 6.45) is 1.48. The van der Waals surface area contributed by atoms with E-state index in [-0.39, 0.29) is 17.2 Å². The Kier molecular flexibility index (Phi) is 6.66. The van der Waals surface area contributed by atoms with E-state index in [2.05, 4.69) is 10.5 Å². The smallest absolute Gasteiger partial charge is 0.345 e. The first-order valence-corrected chi connectivity index (χ1v) is 10.4. The zero-order valence-electron chi connectivity index (χ0n) is 17.6. The minimum atomic E-state index is -0.595. The number of amides is 1. The molecule has 0 radical (unpaired) electrons. The van der Waals surface area contributed by atoms with E-state index in [0.717, 1.165) is 10.8 Å². The minimum absolute atomic E-state index is 0.236. The molecule has 0 heterocycles. The van der Waals surface area contributed by atoms with Crippen LogP contribution < -0.4 is 14.9 Å². The third-order valence-corrected chi connectivity index (χ3v) is 5.23. The number of nitrogens with one attached hydrogen (secondary N) is 1. The van der Waals surface area contributed by atoms with Crippen molar-refractivity contribution in [1.82, 2.24) is 5.43 Å². The van der Waals surface area contributed by atoms with Crippen LogP contribution in [0.25, 0.3) is 10.8 Å². The molecule has 7 heteroatoms. The van der Waals surface area contributed by atoms with Crippen LogP contribution in [0.1, 0.15) is 26.3 Å². The first-order valence-electron chi connectivity index (χ1n) is 10.0. The molecule has 0 unspecified atom stereocenters. The van der Waals surface area contributed by atoms with Crippen LogP contribution in [0.15, 0.2) is 90.0 Å². The van der Waals surface area contributed by atoms with Gasteiger partial charge < -0.3 is 9.47 Å². The van der Waals surface area contributed by atoms with Gasteiger partial charge in [-0.25, -0.2) is 10.2 Å². The Balaban J connectivity index is 1.47. The van der Waals surface area contributed by atoms with Crippen molar-refractivity contribution >= 4 is 40.5 Å². The van der Waals surface area contributed by atoms with E-state index in [1.807, 2.05) is 36.4 Å². The summed E-state index contributed by atoms with van der Waals surface area (Å²) in [5.74, 6) is -0.345. The molecule has 0 saturated carbocycles. The van der Waals surface area contributed by atoms with Gasteiger partial charge in [-0.2, -0.15) is 5.10 Å². The standard InChI is InChI=1S/C26H19ClN2O4/c1-32-24-15-17(13-14-23(24)33-26(31)21-10-4-5-12-22(21)27)16-28-29-25(30)20-11-6-8-18-7-2-3-9-19(18)20/h2-16H,1H3,(H,29,30). The van der Waals surface area contributed by atoms with Gasteiger partial charge in [0, 0.05) is 5.56 Å². The lowest BCUT2D eigenvalue weighted by Gasteiger charge is -2.10. The van der Waals surface area contributed by atoms with E-state index in [1.165, 1.54) is 13.3 Å². The lowest BCUT2D eigenvalue weighted by atomic mass is 10.0. The van der Waals surface area contributed by atoms with Crippen LogP contribution in [0, 0.1) is 0 Å². The number of carbonyl (C=O) groups is 2. The minimum Gasteiger partial charge on any atom is -0.493 e. The summed E-state index contributed by atoms with van der Waals surface area (Å²) in [6.45, 7) is 0. The van der Waals surface area contributed by atoms with Gasteiger partial charge in [0.25, 0.3) is 5.91 Å². The Morgan fingerprint density at radius 3 is 2.42 bits per heavy atom. The van der Waals surface area contributed by atoms with Crippen LogP contribution in [0.4, 0.5) is 0 Å². The van der Waals surface area contributed by atoms with Gasteiger partial charge in [-0.1, -0.05) is 60.1 Å². The quantitative estimate of drug-likeness (QED) is 0.179. The fraction of sp³-hybridized carbons (Fsp3) is 0.0385. The number of fused-ring (bicyclic) bond motifs is 1. The number of ether oxygens (including phenoxy) is 2. The van der Waals surface area contributed by atoms with Crippen LogP contribution in [-0.2, 0) is 0 Å². The van der Waals surface area contributed by atoms with Crippen LogP contribution in [-0.4, -0.2) is 25.2 Å². The largest absolute Gasteiger partial charge is 0.493 e. The second-order valence-electron chi connectivity index (χ2n) is 7.01. The molecule has 0 spiro atoms. The van der Waals surface area contributed by atoms with E-state index in [4.69, 9.17) is 21.1 Å². The first-order chi connectivity index (χ1) is 16.1. The SMILES string of the molecule is COc1cc(C=NNC(=O)c2cccc3ccccc23)ccc1OC(=O)c1ccccc1Cl. The van der Waals surface area contributed by atoms with E-state index in [1.54, 1.807) is 48.5 Å². The molecule has 1 N–H and O–H groups in total. The van der Waals surface area contributed by atoms with E-state index >= 15 is 0 Å². The molecule has 4 rings (SSSR count). The highest BCUT2D eigenvalue weighted by Gasteiger charge is 2.15. The number of benzene rings is 4. The highest BCUT2D eigenvalue weighted by Crippen LogP contribution is 2.29. The van der Waals surface area contributed by atoms with Gasteiger partial charge in [0.2, 0.25) is 0 Å². The van der Waals surface area contributed by atoms with Gasteiger partial charge in [0.1, 0.15) is 0 Å². The van der Waals surface area contributed by atoms with Gasteiger partial charge in [0.15, 0.2) is 11.5 Å². The fourth-order valence-electron chi connectivity index (χ4n) is 3.28. The fourth-order valence-corrected chi connectivity index (χ4v) is 3.49. The van der Waals surface area contributed by atoms with Gasteiger partial charge in [-0.15, -0.1) is 0 Å². The maximum absolute atomic E-state index is 12.6. The molecular weight excluding hydrogens is 440 g/mol. The zero-order chi connectivity index (χ0) is 23.2. The van der Waals surface area contributed by atoms with Gasteiger partial charge in [-0.05, 0) is 52.7 Å². The van der Waals surface area contributed by atoms with Crippen molar-refractivity contribution < 1.29 is 19.1 Å². The number of hydrazone groups is 1. The summed E-state index contributed by atoms with van der Waals surface area (Å²) in [5.41, 5.74) is 3.97. The molecule has 33 heavy (non-hydrogen) atoms. The lowest BCUT2D eigenvalue weighted by Crippen LogP contribution is -2.17. The van der Waals surface area contributed by atoms with E-state index in [9.17, 15) is 9.59 Å². The maximum Gasteiger partial charge on any atom is 0.345 e. The number of hydrogen-bond acceptors (Lipinski definition) is 5. The predicted octanol–water partition coefficient (Wildman–Crippen LogP) is 5.48. The summed E-state index contributed by atoms with van der Waals surface area (Å²) in [5, 5.41) is 6.16. The first kappa shape index (κ1) is 22.0. The topological polar surface area (TPSA) is 77.0 Å². The summed E-state index contributed by atoms with van der Waals surface area (Å²) in [4.78, 5) is 25.0. The van der Waals surface area contributed by atoms with Crippen molar-refractivity contribution in [2.75, 3.05) is 7.11 Å². The predicted molar refractivity (Wildman–Crippen MR) is 128 cm³/mol. The highest BCUT2D eigenvalue weighted by molar-refractivity contribution is 6.33. The number of halogens is 1. The second-order valence-corrected chi connectivity index (χ2v) is 7.41. The second kappa shape index (κ2) is 9.97. The van der Waals surface area contributed by atoms with Crippen molar-refractivity contribution in [2.45, 2.75) is 0 Å². The summed E-state index contributed by atoms with van der Waals surface area (Å²) >= 11 is 6.06. The molecule has 0 aliphatic heterocycles. The Hall–Kier alpha value is -4.16. The average Bonchev–Trinajstić information content (AvgIpc) is 2.84. The molecule has 0 aliphatic rings. The molecule has 0 aromatic heterocycles. The lowest BCUT2D eigenvalue weighted by molar-refractivity contribution is 0.0729. The number of rotatable bonds is 6. The third-order valence-electron chi connectivity index (χ3n) is 4.90. The van der Waals surface area contributed by atoms with Crippen LogP contribution in [0.2, 0.25) is 5.02 Å². The van der Waals surface area contributed by atoms with E-state index in [0.29, 0.717) is 21.9 Å². The molecule has 0 aliphatic carbocycles. The molecule has 6 nitrogen and oxygen atoms in total. The van der Waals surface area contributed by atoms with Crippen LogP contribution >= 0.6 is 11.6 Å². The van der Waals surface area contributed by atoms with Crippen molar-refractivity contribution in [3.8, 4) is 11.5 Å². The third kappa shape index (κ3) is 5.02. The van der Waals surface area contributed by atoms with E-state index < -0.39 is 5.97 Å².